The lowest BCUT2D eigenvalue weighted by molar-refractivity contribution is 0.257. The molecular formula is C12H20N4O2S. The van der Waals surface area contributed by atoms with Crippen molar-refractivity contribution in [2.75, 3.05) is 26.2 Å². The fourth-order valence-electron chi connectivity index (χ4n) is 3.06. The maximum atomic E-state index is 12.6. The van der Waals surface area contributed by atoms with Crippen LogP contribution in [0.1, 0.15) is 25.1 Å². The van der Waals surface area contributed by atoms with Crippen LogP contribution in [-0.4, -0.2) is 59.8 Å². The maximum Gasteiger partial charge on any atom is 0.260 e. The van der Waals surface area contributed by atoms with E-state index in [0.29, 0.717) is 25.0 Å². The van der Waals surface area contributed by atoms with Crippen molar-refractivity contribution >= 4 is 10.0 Å². The zero-order valence-electron chi connectivity index (χ0n) is 11.2. The van der Waals surface area contributed by atoms with E-state index in [-0.39, 0.29) is 5.03 Å². The van der Waals surface area contributed by atoms with Crippen LogP contribution in [0.3, 0.4) is 0 Å². The number of aromatic nitrogens is 2. The Balaban J connectivity index is 1.84. The molecule has 1 unspecified atom stereocenters. The SMILES string of the molecule is Cc1ncc(S(=O)(=O)N2CCCN3CCCC3C2)[nH]1. The lowest BCUT2D eigenvalue weighted by Crippen LogP contribution is -2.39. The monoisotopic (exact) mass is 284 g/mol. The highest BCUT2D eigenvalue weighted by atomic mass is 32.2. The molecule has 0 bridgehead atoms. The number of nitrogens with zero attached hydrogens (tertiary/aromatic N) is 3. The molecule has 0 spiro atoms. The molecule has 1 aromatic heterocycles. The van der Waals surface area contributed by atoms with E-state index in [0.717, 1.165) is 25.9 Å². The fraction of sp³-hybridized carbons (Fsp3) is 0.750. The van der Waals surface area contributed by atoms with Crippen molar-refractivity contribution in [2.45, 2.75) is 37.3 Å². The predicted octanol–water partition coefficient (Wildman–Crippen LogP) is 0.577. The molecule has 3 rings (SSSR count). The molecule has 7 heteroatoms. The van der Waals surface area contributed by atoms with Gasteiger partial charge in [0.1, 0.15) is 5.82 Å². The molecule has 6 nitrogen and oxygen atoms in total. The summed E-state index contributed by atoms with van der Waals surface area (Å²) in [6, 6.07) is 0.390. The normalized spacial score (nSPS) is 26.3. The third-order valence-electron chi connectivity index (χ3n) is 4.06. The van der Waals surface area contributed by atoms with E-state index >= 15 is 0 Å². The molecule has 2 saturated heterocycles. The van der Waals surface area contributed by atoms with E-state index in [1.807, 2.05) is 0 Å². The van der Waals surface area contributed by atoms with Crippen molar-refractivity contribution in [1.82, 2.24) is 19.2 Å². The van der Waals surface area contributed by atoms with Crippen LogP contribution in [0.4, 0.5) is 0 Å². The van der Waals surface area contributed by atoms with Crippen LogP contribution in [0.25, 0.3) is 0 Å². The highest BCUT2D eigenvalue weighted by molar-refractivity contribution is 7.89. The molecule has 2 aliphatic rings. The van der Waals surface area contributed by atoms with Crippen LogP contribution < -0.4 is 0 Å². The molecule has 3 heterocycles. The lowest BCUT2D eigenvalue weighted by atomic mass is 10.2. The van der Waals surface area contributed by atoms with Crippen LogP contribution in [0, 0.1) is 6.92 Å². The van der Waals surface area contributed by atoms with Crippen molar-refractivity contribution in [3.8, 4) is 0 Å². The van der Waals surface area contributed by atoms with Crippen molar-refractivity contribution in [3.05, 3.63) is 12.0 Å². The maximum absolute atomic E-state index is 12.6. The van der Waals surface area contributed by atoms with E-state index in [1.165, 1.54) is 12.6 Å². The first kappa shape index (κ1) is 13.1. The van der Waals surface area contributed by atoms with Gasteiger partial charge < -0.3 is 4.98 Å². The third kappa shape index (κ3) is 2.42. The lowest BCUT2D eigenvalue weighted by Gasteiger charge is -2.24. The van der Waals surface area contributed by atoms with Gasteiger partial charge in [-0.3, -0.25) is 4.90 Å². The summed E-state index contributed by atoms with van der Waals surface area (Å²) >= 11 is 0. The van der Waals surface area contributed by atoms with Crippen LogP contribution in [0.5, 0.6) is 0 Å². The van der Waals surface area contributed by atoms with Gasteiger partial charge in [-0.05, 0) is 39.3 Å². The van der Waals surface area contributed by atoms with Crippen molar-refractivity contribution < 1.29 is 8.42 Å². The Morgan fingerprint density at radius 2 is 2.11 bits per heavy atom. The number of hydrogen-bond acceptors (Lipinski definition) is 4. The summed E-state index contributed by atoms with van der Waals surface area (Å²) in [4.78, 5) is 9.26. The average Bonchev–Trinajstić information content (AvgIpc) is 2.94. The van der Waals surface area contributed by atoms with E-state index in [9.17, 15) is 8.42 Å². The van der Waals surface area contributed by atoms with Gasteiger partial charge in [-0.25, -0.2) is 13.4 Å². The van der Waals surface area contributed by atoms with Gasteiger partial charge in [0.2, 0.25) is 0 Å². The number of aromatic amines is 1. The van der Waals surface area contributed by atoms with Gasteiger partial charge >= 0.3 is 0 Å². The summed E-state index contributed by atoms with van der Waals surface area (Å²) in [5.41, 5.74) is 0. The first-order valence-electron chi connectivity index (χ1n) is 6.83. The smallest absolute Gasteiger partial charge is 0.260 e. The summed E-state index contributed by atoms with van der Waals surface area (Å²) in [5.74, 6) is 0.635. The minimum Gasteiger partial charge on any atom is -0.332 e. The number of fused-ring (bicyclic) bond motifs is 1. The first-order chi connectivity index (χ1) is 9.07. The number of rotatable bonds is 2. The van der Waals surface area contributed by atoms with Crippen LogP contribution in [-0.2, 0) is 10.0 Å². The molecule has 2 fully saturated rings. The van der Waals surface area contributed by atoms with Crippen molar-refractivity contribution in [3.63, 3.8) is 0 Å². The quantitative estimate of drug-likeness (QED) is 0.862. The number of imidazole rings is 1. The Morgan fingerprint density at radius 3 is 2.84 bits per heavy atom. The molecule has 1 aromatic rings. The number of hydrogen-bond donors (Lipinski definition) is 1. The number of aryl methyl sites for hydroxylation is 1. The molecule has 0 aliphatic carbocycles. The molecule has 1 atom stereocenters. The third-order valence-corrected chi connectivity index (χ3v) is 5.84. The largest absolute Gasteiger partial charge is 0.332 e. The summed E-state index contributed by atoms with van der Waals surface area (Å²) in [6.45, 7) is 5.11. The molecule has 19 heavy (non-hydrogen) atoms. The molecule has 0 saturated carbocycles. The number of nitrogens with one attached hydrogen (secondary N) is 1. The molecule has 1 N–H and O–H groups in total. The highest BCUT2D eigenvalue weighted by Crippen LogP contribution is 2.24. The second kappa shape index (κ2) is 4.88. The van der Waals surface area contributed by atoms with Crippen molar-refractivity contribution in [1.29, 1.82) is 0 Å². The average molecular weight is 284 g/mol. The Hall–Kier alpha value is -0.920. The van der Waals surface area contributed by atoms with Gasteiger partial charge in [-0.15, -0.1) is 0 Å². The second-order valence-electron chi connectivity index (χ2n) is 5.38. The van der Waals surface area contributed by atoms with Crippen LogP contribution in [0.2, 0.25) is 0 Å². The minimum atomic E-state index is -3.41. The number of H-pyrrole nitrogens is 1. The highest BCUT2D eigenvalue weighted by Gasteiger charge is 2.34. The number of sulfonamides is 1. The van der Waals surface area contributed by atoms with Gasteiger partial charge in [-0.1, -0.05) is 0 Å². The second-order valence-corrected chi connectivity index (χ2v) is 7.29. The van der Waals surface area contributed by atoms with E-state index in [2.05, 4.69) is 14.9 Å². The van der Waals surface area contributed by atoms with Gasteiger partial charge in [0.25, 0.3) is 10.0 Å². The summed E-state index contributed by atoms with van der Waals surface area (Å²) in [5, 5.41) is 0.219. The van der Waals surface area contributed by atoms with E-state index in [4.69, 9.17) is 0 Å². The Bertz CT molecular complexity index is 554. The fourth-order valence-corrected chi connectivity index (χ4v) is 4.54. The molecular weight excluding hydrogens is 264 g/mol. The molecule has 2 aliphatic heterocycles. The Kier molecular flexibility index (Phi) is 3.36. The van der Waals surface area contributed by atoms with Gasteiger partial charge in [0.05, 0.1) is 6.20 Å². The zero-order valence-corrected chi connectivity index (χ0v) is 12.0. The van der Waals surface area contributed by atoms with Crippen molar-refractivity contribution in [2.24, 2.45) is 0 Å². The zero-order chi connectivity index (χ0) is 13.5. The Morgan fingerprint density at radius 1 is 1.32 bits per heavy atom. The van der Waals surface area contributed by atoms with E-state index < -0.39 is 10.0 Å². The Labute approximate surface area is 113 Å². The standard InChI is InChI=1S/C12H20N4O2S/c1-10-13-8-12(14-10)19(17,18)16-7-3-6-15-5-2-4-11(15)9-16/h8,11H,2-7,9H2,1H3,(H,13,14). The van der Waals surface area contributed by atoms with Gasteiger partial charge in [-0.2, -0.15) is 4.31 Å². The van der Waals surface area contributed by atoms with Gasteiger partial charge in [0.15, 0.2) is 5.03 Å². The molecule has 106 valence electrons. The molecule has 0 aromatic carbocycles. The topological polar surface area (TPSA) is 69.3 Å². The van der Waals surface area contributed by atoms with E-state index in [1.54, 1.807) is 11.2 Å². The molecule has 0 amide bonds. The minimum absolute atomic E-state index is 0.219. The summed E-state index contributed by atoms with van der Waals surface area (Å²) < 4.78 is 26.8. The first-order valence-corrected chi connectivity index (χ1v) is 8.27. The summed E-state index contributed by atoms with van der Waals surface area (Å²) in [7, 11) is -3.41. The predicted molar refractivity (Wildman–Crippen MR) is 71.3 cm³/mol. The van der Waals surface area contributed by atoms with Crippen LogP contribution in [0.15, 0.2) is 11.2 Å². The van der Waals surface area contributed by atoms with Crippen LogP contribution >= 0.6 is 0 Å². The molecule has 0 radical (unpaired) electrons. The van der Waals surface area contributed by atoms with Gasteiger partial charge in [0, 0.05) is 19.1 Å². The summed E-state index contributed by atoms with van der Waals surface area (Å²) in [6.07, 6.45) is 4.61.